The van der Waals surface area contributed by atoms with Crippen LogP contribution >= 0.6 is 11.8 Å². The van der Waals surface area contributed by atoms with Crippen LogP contribution in [0.3, 0.4) is 0 Å². The minimum atomic E-state index is 0.742. The zero-order valence-electron chi connectivity index (χ0n) is 12.4. The molecule has 0 fully saturated rings. The number of hydrogen-bond acceptors (Lipinski definition) is 5. The molecule has 2 aromatic heterocycles. The summed E-state index contributed by atoms with van der Waals surface area (Å²) in [6, 6.07) is 0. The van der Waals surface area contributed by atoms with Crippen molar-refractivity contribution in [2.24, 2.45) is 0 Å². The van der Waals surface area contributed by atoms with Crippen LogP contribution < -0.4 is 4.74 Å². The Morgan fingerprint density at radius 1 is 1.35 bits per heavy atom. The first-order valence-corrected chi connectivity index (χ1v) is 7.67. The Morgan fingerprint density at radius 3 is 2.85 bits per heavy atom. The second-order valence-corrected chi connectivity index (χ2v) is 5.59. The van der Waals surface area contributed by atoms with Crippen molar-refractivity contribution in [2.75, 3.05) is 7.11 Å². The lowest BCUT2D eigenvalue weighted by molar-refractivity contribution is 0.407. The molecule has 0 radical (unpaired) electrons. The van der Waals surface area contributed by atoms with Gasteiger partial charge < -0.3 is 4.74 Å². The summed E-state index contributed by atoms with van der Waals surface area (Å²) in [4.78, 5) is 8.92. The van der Waals surface area contributed by atoms with Crippen molar-refractivity contribution in [3.8, 4) is 5.75 Å². The summed E-state index contributed by atoms with van der Waals surface area (Å²) >= 11 is 1.59. The molecule has 2 aromatic rings. The third kappa shape index (κ3) is 3.30. The normalized spacial score (nSPS) is 10.8. The Balaban J connectivity index is 2.06. The van der Waals surface area contributed by atoms with Gasteiger partial charge in [-0.3, -0.25) is 10.1 Å². The third-order valence-corrected chi connectivity index (χ3v) is 3.94. The van der Waals surface area contributed by atoms with Gasteiger partial charge in [0.15, 0.2) is 0 Å². The molecular weight excluding hydrogens is 272 g/mol. The lowest BCUT2D eigenvalue weighted by Gasteiger charge is -2.11. The molecule has 0 aliphatic heterocycles. The van der Waals surface area contributed by atoms with E-state index < -0.39 is 0 Å². The van der Waals surface area contributed by atoms with Crippen molar-refractivity contribution in [3.63, 3.8) is 0 Å². The number of hydrogen-bond donors (Lipinski definition) is 1. The zero-order chi connectivity index (χ0) is 14.5. The van der Waals surface area contributed by atoms with E-state index in [0.717, 1.165) is 52.1 Å². The SMILES string of the molecule is CCCc1nc(SCc2ncc(C)c(OC)c2C)n[nH]1. The Kier molecular flexibility index (Phi) is 5.00. The zero-order valence-corrected chi connectivity index (χ0v) is 13.2. The highest BCUT2D eigenvalue weighted by Crippen LogP contribution is 2.27. The lowest BCUT2D eigenvalue weighted by Crippen LogP contribution is -1.98. The lowest BCUT2D eigenvalue weighted by atomic mass is 10.1. The number of nitrogens with one attached hydrogen (secondary N) is 1. The van der Waals surface area contributed by atoms with Crippen molar-refractivity contribution in [3.05, 3.63) is 28.8 Å². The molecule has 0 aromatic carbocycles. The van der Waals surface area contributed by atoms with Gasteiger partial charge in [-0.2, -0.15) is 0 Å². The largest absolute Gasteiger partial charge is 0.496 e. The molecule has 0 saturated carbocycles. The molecule has 0 amide bonds. The molecule has 0 saturated heterocycles. The Hall–Kier alpha value is -1.56. The third-order valence-electron chi connectivity index (χ3n) is 3.09. The van der Waals surface area contributed by atoms with Crippen LogP contribution in [0.4, 0.5) is 0 Å². The van der Waals surface area contributed by atoms with Gasteiger partial charge in [-0.25, -0.2) is 4.98 Å². The van der Waals surface area contributed by atoms with E-state index in [9.17, 15) is 0 Å². The highest BCUT2D eigenvalue weighted by Gasteiger charge is 2.11. The van der Waals surface area contributed by atoms with Gasteiger partial charge in [0.2, 0.25) is 5.16 Å². The van der Waals surface area contributed by atoms with E-state index in [1.54, 1.807) is 18.9 Å². The number of rotatable bonds is 6. The monoisotopic (exact) mass is 292 g/mol. The van der Waals surface area contributed by atoms with Crippen LogP contribution in [0.25, 0.3) is 0 Å². The predicted molar refractivity (Wildman–Crippen MR) is 80.2 cm³/mol. The first kappa shape index (κ1) is 14.8. The van der Waals surface area contributed by atoms with Crippen LogP contribution in [0.15, 0.2) is 11.4 Å². The summed E-state index contributed by atoms with van der Waals surface area (Å²) in [7, 11) is 1.69. The van der Waals surface area contributed by atoms with E-state index in [-0.39, 0.29) is 0 Å². The molecule has 0 spiro atoms. The summed E-state index contributed by atoms with van der Waals surface area (Å²) in [6.07, 6.45) is 3.85. The van der Waals surface area contributed by atoms with Gasteiger partial charge in [0, 0.05) is 29.5 Å². The maximum Gasteiger partial charge on any atom is 0.208 e. The van der Waals surface area contributed by atoms with Crippen LogP contribution in [-0.4, -0.2) is 27.3 Å². The van der Waals surface area contributed by atoms with Gasteiger partial charge in [0.05, 0.1) is 12.8 Å². The molecule has 6 heteroatoms. The molecule has 5 nitrogen and oxygen atoms in total. The van der Waals surface area contributed by atoms with Gasteiger partial charge in [0.1, 0.15) is 11.6 Å². The van der Waals surface area contributed by atoms with E-state index in [0.29, 0.717) is 0 Å². The summed E-state index contributed by atoms with van der Waals surface area (Å²) < 4.78 is 5.42. The van der Waals surface area contributed by atoms with Crippen molar-refractivity contribution in [1.29, 1.82) is 0 Å². The number of ether oxygens (including phenoxy) is 1. The fraction of sp³-hybridized carbons (Fsp3) is 0.500. The summed E-state index contributed by atoms with van der Waals surface area (Å²) in [5.41, 5.74) is 3.16. The number of aromatic amines is 1. The van der Waals surface area contributed by atoms with E-state index in [1.807, 2.05) is 20.0 Å². The van der Waals surface area contributed by atoms with Crippen LogP contribution in [0.5, 0.6) is 5.75 Å². The second-order valence-electron chi connectivity index (χ2n) is 4.65. The molecule has 0 aliphatic rings. The Morgan fingerprint density at radius 2 is 2.15 bits per heavy atom. The van der Waals surface area contributed by atoms with Crippen LogP contribution in [0.2, 0.25) is 0 Å². The molecule has 2 heterocycles. The average Bonchev–Trinajstić information content (AvgIpc) is 2.87. The fourth-order valence-electron chi connectivity index (χ4n) is 2.04. The van der Waals surface area contributed by atoms with Gasteiger partial charge in [-0.05, 0) is 20.3 Å². The van der Waals surface area contributed by atoms with Crippen molar-refractivity contribution in [2.45, 2.75) is 44.5 Å². The van der Waals surface area contributed by atoms with Crippen molar-refractivity contribution >= 4 is 11.8 Å². The predicted octanol–water partition coefficient (Wildman–Crippen LogP) is 3.07. The summed E-state index contributed by atoms with van der Waals surface area (Å²) in [6.45, 7) is 6.17. The van der Waals surface area contributed by atoms with Crippen molar-refractivity contribution < 1.29 is 4.74 Å². The van der Waals surface area contributed by atoms with Gasteiger partial charge >= 0.3 is 0 Å². The second kappa shape index (κ2) is 6.74. The van der Waals surface area contributed by atoms with Crippen LogP contribution in [0.1, 0.15) is 36.0 Å². The molecule has 0 bridgehead atoms. The Labute approximate surface area is 123 Å². The minimum Gasteiger partial charge on any atom is -0.496 e. The molecule has 108 valence electrons. The number of pyridine rings is 1. The van der Waals surface area contributed by atoms with Crippen LogP contribution in [0, 0.1) is 13.8 Å². The van der Waals surface area contributed by atoms with E-state index >= 15 is 0 Å². The number of aryl methyl sites for hydroxylation is 2. The topological polar surface area (TPSA) is 63.7 Å². The molecule has 0 aliphatic carbocycles. The fourth-order valence-corrected chi connectivity index (χ4v) is 2.88. The van der Waals surface area contributed by atoms with Gasteiger partial charge in [-0.15, -0.1) is 5.10 Å². The summed E-state index contributed by atoms with van der Waals surface area (Å²) in [5.74, 6) is 2.60. The standard InChI is InChI=1S/C14H20N4OS/c1-5-6-12-16-14(18-17-12)20-8-11-10(3)13(19-4)9(2)7-15-11/h7H,5-6,8H2,1-4H3,(H,16,17,18). The highest BCUT2D eigenvalue weighted by atomic mass is 32.2. The molecule has 20 heavy (non-hydrogen) atoms. The molecule has 1 N–H and O–H groups in total. The molecule has 2 rings (SSSR count). The smallest absolute Gasteiger partial charge is 0.208 e. The quantitative estimate of drug-likeness (QED) is 0.829. The molecule has 0 unspecified atom stereocenters. The Bertz CT molecular complexity index is 583. The highest BCUT2D eigenvalue weighted by molar-refractivity contribution is 7.98. The van der Waals surface area contributed by atoms with E-state index in [2.05, 4.69) is 27.1 Å². The molecule has 0 atom stereocenters. The maximum atomic E-state index is 5.42. The summed E-state index contributed by atoms with van der Waals surface area (Å²) in [5, 5.41) is 7.94. The minimum absolute atomic E-state index is 0.742. The average molecular weight is 292 g/mol. The van der Waals surface area contributed by atoms with Gasteiger partial charge in [0.25, 0.3) is 0 Å². The number of nitrogens with zero attached hydrogens (tertiary/aromatic N) is 3. The van der Waals surface area contributed by atoms with Crippen molar-refractivity contribution in [1.82, 2.24) is 20.2 Å². The maximum absolute atomic E-state index is 5.42. The number of methoxy groups -OCH3 is 1. The molecular formula is C14H20N4OS. The first-order chi connectivity index (χ1) is 9.65. The number of H-pyrrole nitrogens is 1. The number of thioether (sulfide) groups is 1. The van der Waals surface area contributed by atoms with Gasteiger partial charge in [-0.1, -0.05) is 18.7 Å². The van der Waals surface area contributed by atoms with Crippen LogP contribution in [-0.2, 0) is 12.2 Å². The first-order valence-electron chi connectivity index (χ1n) is 6.68. The van der Waals surface area contributed by atoms with E-state index in [1.165, 1.54) is 0 Å². The number of aromatic nitrogens is 4. The van der Waals surface area contributed by atoms with E-state index in [4.69, 9.17) is 4.74 Å².